The third-order valence-corrected chi connectivity index (χ3v) is 6.04. The number of aromatic nitrogens is 1. The van der Waals surface area contributed by atoms with E-state index >= 15 is 0 Å². The second-order valence-corrected chi connectivity index (χ2v) is 7.82. The SMILES string of the molecule is CCN(CC)CCN(C(=O)c1cc(OC)cc(OC)c1)c1nc2c(F)cc(F)cc2s1. The summed E-state index contributed by atoms with van der Waals surface area (Å²) in [5.41, 5.74) is 0.395. The molecule has 2 aromatic carbocycles. The molecule has 0 saturated heterocycles. The number of likely N-dealkylation sites (N-methyl/N-ethyl adjacent to an activating group) is 1. The molecular weight excluding hydrogens is 424 g/mol. The van der Waals surface area contributed by atoms with E-state index in [1.54, 1.807) is 18.2 Å². The van der Waals surface area contributed by atoms with Crippen LogP contribution in [0.5, 0.6) is 11.5 Å². The number of carbonyl (C=O) groups is 1. The van der Waals surface area contributed by atoms with Crippen molar-refractivity contribution < 1.29 is 23.0 Å². The van der Waals surface area contributed by atoms with E-state index in [0.29, 0.717) is 40.0 Å². The van der Waals surface area contributed by atoms with Crippen molar-refractivity contribution in [3.05, 3.63) is 47.5 Å². The summed E-state index contributed by atoms with van der Waals surface area (Å²) >= 11 is 1.08. The van der Waals surface area contributed by atoms with Gasteiger partial charge in [-0.2, -0.15) is 0 Å². The molecule has 0 bridgehead atoms. The number of halogens is 2. The molecule has 9 heteroatoms. The summed E-state index contributed by atoms with van der Waals surface area (Å²) in [7, 11) is 3.01. The van der Waals surface area contributed by atoms with Gasteiger partial charge >= 0.3 is 0 Å². The fourth-order valence-corrected chi connectivity index (χ4v) is 4.24. The lowest BCUT2D eigenvalue weighted by atomic mass is 10.1. The van der Waals surface area contributed by atoms with E-state index in [1.165, 1.54) is 25.2 Å². The maximum Gasteiger partial charge on any atom is 0.260 e. The second kappa shape index (κ2) is 10.0. The molecule has 3 rings (SSSR count). The van der Waals surface area contributed by atoms with Crippen LogP contribution in [0.2, 0.25) is 0 Å². The molecule has 0 fully saturated rings. The van der Waals surface area contributed by atoms with Gasteiger partial charge in [0.1, 0.15) is 22.8 Å². The number of methoxy groups -OCH3 is 2. The molecule has 6 nitrogen and oxygen atoms in total. The van der Waals surface area contributed by atoms with Crippen LogP contribution in [0.3, 0.4) is 0 Å². The van der Waals surface area contributed by atoms with Crippen molar-refractivity contribution in [1.82, 2.24) is 9.88 Å². The first kappa shape index (κ1) is 22.9. The topological polar surface area (TPSA) is 54.9 Å². The van der Waals surface area contributed by atoms with Crippen LogP contribution in [0, 0.1) is 11.6 Å². The molecule has 0 spiro atoms. The van der Waals surface area contributed by atoms with Crippen LogP contribution < -0.4 is 14.4 Å². The third-order valence-electron chi connectivity index (χ3n) is 5.01. The van der Waals surface area contributed by atoms with Gasteiger partial charge in [0.25, 0.3) is 5.91 Å². The number of thiazole rings is 1. The van der Waals surface area contributed by atoms with E-state index < -0.39 is 11.6 Å². The molecule has 3 aromatic rings. The van der Waals surface area contributed by atoms with Crippen molar-refractivity contribution in [2.45, 2.75) is 13.8 Å². The number of rotatable bonds is 9. The van der Waals surface area contributed by atoms with Crippen LogP contribution in [0.15, 0.2) is 30.3 Å². The number of hydrogen-bond acceptors (Lipinski definition) is 6. The summed E-state index contributed by atoms with van der Waals surface area (Å²) in [4.78, 5) is 21.5. The third kappa shape index (κ3) is 5.11. The Morgan fingerprint density at radius 2 is 1.65 bits per heavy atom. The normalized spacial score (nSPS) is 11.2. The molecule has 1 heterocycles. The molecule has 166 valence electrons. The molecule has 0 aliphatic rings. The van der Waals surface area contributed by atoms with Crippen molar-refractivity contribution in [1.29, 1.82) is 0 Å². The lowest BCUT2D eigenvalue weighted by Gasteiger charge is -2.25. The molecule has 1 amide bonds. The van der Waals surface area contributed by atoms with Crippen molar-refractivity contribution in [3.8, 4) is 11.5 Å². The summed E-state index contributed by atoms with van der Waals surface area (Å²) in [6, 6.07) is 6.92. The Morgan fingerprint density at radius 3 is 2.23 bits per heavy atom. The average Bonchev–Trinajstić information content (AvgIpc) is 3.20. The monoisotopic (exact) mass is 449 g/mol. The number of fused-ring (bicyclic) bond motifs is 1. The van der Waals surface area contributed by atoms with E-state index in [-0.39, 0.29) is 11.4 Å². The zero-order chi connectivity index (χ0) is 22.5. The summed E-state index contributed by atoms with van der Waals surface area (Å²) in [5, 5.41) is 0.304. The zero-order valence-electron chi connectivity index (χ0n) is 17.9. The van der Waals surface area contributed by atoms with Crippen LogP contribution in [0.25, 0.3) is 10.2 Å². The van der Waals surface area contributed by atoms with Gasteiger partial charge in [-0.05, 0) is 31.3 Å². The average molecular weight is 450 g/mol. The Labute approximate surface area is 184 Å². The van der Waals surface area contributed by atoms with E-state index in [2.05, 4.69) is 9.88 Å². The number of benzene rings is 2. The van der Waals surface area contributed by atoms with Crippen molar-refractivity contribution >= 4 is 32.6 Å². The summed E-state index contributed by atoms with van der Waals surface area (Å²) in [5.74, 6) is -0.813. The molecule has 0 unspecified atom stereocenters. The molecule has 0 atom stereocenters. The van der Waals surface area contributed by atoms with E-state index in [4.69, 9.17) is 9.47 Å². The molecule has 31 heavy (non-hydrogen) atoms. The lowest BCUT2D eigenvalue weighted by Crippen LogP contribution is -2.38. The van der Waals surface area contributed by atoms with E-state index in [9.17, 15) is 13.6 Å². The van der Waals surface area contributed by atoms with Crippen LogP contribution in [0.1, 0.15) is 24.2 Å². The lowest BCUT2D eigenvalue weighted by molar-refractivity contribution is 0.0983. The molecule has 1 aromatic heterocycles. The largest absolute Gasteiger partial charge is 0.497 e. The van der Waals surface area contributed by atoms with Gasteiger partial charge in [-0.15, -0.1) is 0 Å². The van der Waals surface area contributed by atoms with Gasteiger partial charge in [0.2, 0.25) is 0 Å². The highest BCUT2D eigenvalue weighted by atomic mass is 32.1. The smallest absolute Gasteiger partial charge is 0.260 e. The standard InChI is InChI=1S/C22H25F2N3O3S/c1-5-26(6-2)7-8-27(21(28)14-9-16(29-3)13-17(10-14)30-4)22-25-20-18(24)11-15(23)12-19(20)31-22/h9-13H,5-8H2,1-4H3. The van der Waals surface area contributed by atoms with Crippen LogP contribution in [-0.4, -0.2) is 56.2 Å². The van der Waals surface area contributed by atoms with E-state index in [1.807, 2.05) is 13.8 Å². The highest BCUT2D eigenvalue weighted by Crippen LogP contribution is 2.33. The fourth-order valence-electron chi connectivity index (χ4n) is 3.21. The first-order valence-corrected chi connectivity index (χ1v) is 10.7. The van der Waals surface area contributed by atoms with Gasteiger partial charge in [0.15, 0.2) is 10.9 Å². The minimum absolute atomic E-state index is 0.0465. The fraction of sp³-hybridized carbons (Fsp3) is 0.364. The Morgan fingerprint density at radius 1 is 1.00 bits per heavy atom. The van der Waals surface area contributed by atoms with Gasteiger partial charge in [-0.25, -0.2) is 13.8 Å². The van der Waals surface area contributed by atoms with Gasteiger partial charge in [-0.1, -0.05) is 25.2 Å². The number of amides is 1. The number of hydrogen-bond donors (Lipinski definition) is 0. The Hall–Kier alpha value is -2.78. The van der Waals surface area contributed by atoms with Gasteiger partial charge in [-0.3, -0.25) is 9.69 Å². The van der Waals surface area contributed by atoms with Crippen molar-refractivity contribution in [3.63, 3.8) is 0 Å². The number of carbonyl (C=O) groups excluding carboxylic acids is 1. The Bertz CT molecular complexity index is 1050. The number of anilines is 1. The van der Waals surface area contributed by atoms with Gasteiger partial charge < -0.3 is 14.4 Å². The predicted octanol–water partition coefficient (Wildman–Crippen LogP) is 4.58. The van der Waals surface area contributed by atoms with Crippen molar-refractivity contribution in [2.24, 2.45) is 0 Å². The predicted molar refractivity (Wildman–Crippen MR) is 119 cm³/mol. The molecular formula is C22H25F2N3O3S. The minimum atomic E-state index is -0.753. The van der Waals surface area contributed by atoms with Crippen LogP contribution in [0.4, 0.5) is 13.9 Å². The molecule has 0 N–H and O–H groups in total. The summed E-state index contributed by atoms with van der Waals surface area (Å²) < 4.78 is 38.8. The highest BCUT2D eigenvalue weighted by Gasteiger charge is 2.24. The Kier molecular flexibility index (Phi) is 7.40. The van der Waals surface area contributed by atoms with Crippen LogP contribution >= 0.6 is 11.3 Å². The maximum absolute atomic E-state index is 14.2. The first-order valence-electron chi connectivity index (χ1n) is 9.93. The van der Waals surface area contributed by atoms with E-state index in [0.717, 1.165) is 30.5 Å². The highest BCUT2D eigenvalue weighted by molar-refractivity contribution is 7.22. The summed E-state index contributed by atoms with van der Waals surface area (Å²) in [6.45, 7) is 6.67. The van der Waals surface area contributed by atoms with Gasteiger partial charge in [0.05, 0.1) is 18.9 Å². The quantitative estimate of drug-likeness (QED) is 0.479. The second-order valence-electron chi connectivity index (χ2n) is 6.82. The number of ether oxygens (including phenoxy) is 2. The minimum Gasteiger partial charge on any atom is -0.497 e. The number of nitrogens with zero attached hydrogens (tertiary/aromatic N) is 3. The summed E-state index contributed by atoms with van der Waals surface area (Å²) in [6.07, 6.45) is 0. The molecule has 0 radical (unpaired) electrons. The zero-order valence-corrected chi connectivity index (χ0v) is 18.8. The Balaban J connectivity index is 2.04. The molecule has 0 aliphatic heterocycles. The van der Waals surface area contributed by atoms with Crippen molar-refractivity contribution in [2.75, 3.05) is 45.3 Å². The first-order chi connectivity index (χ1) is 14.9. The van der Waals surface area contributed by atoms with Gasteiger partial charge in [0, 0.05) is 30.8 Å². The maximum atomic E-state index is 14.2. The molecule has 0 saturated carbocycles. The van der Waals surface area contributed by atoms with Crippen LogP contribution in [-0.2, 0) is 0 Å². The molecule has 0 aliphatic carbocycles.